The average Bonchev–Trinajstić information content (AvgIpc) is 2.71. The molecule has 0 spiro atoms. The minimum atomic E-state index is 0.533. The number of rotatable bonds is 3. The van der Waals surface area contributed by atoms with Crippen molar-refractivity contribution in [3.05, 3.63) is 48.0 Å². The van der Waals surface area contributed by atoms with Crippen LogP contribution < -0.4 is 0 Å². The molecule has 14 heavy (non-hydrogen) atoms. The number of alkyl halides is 1. The number of benzene rings is 1. The molecule has 1 aromatic heterocycles. The first-order valence-corrected chi connectivity index (χ1v) is 4.89. The predicted molar refractivity (Wildman–Crippen MR) is 55.1 cm³/mol. The van der Waals surface area contributed by atoms with Gasteiger partial charge in [-0.05, 0) is 11.1 Å². The minimum Gasteiger partial charge on any atom is -0.249 e. The molecule has 1 heterocycles. The van der Waals surface area contributed by atoms with Gasteiger partial charge in [0, 0.05) is 5.88 Å². The summed E-state index contributed by atoms with van der Waals surface area (Å²) in [7, 11) is 0. The molecule has 0 atom stereocenters. The molecular weight excluding hydrogens is 198 g/mol. The van der Waals surface area contributed by atoms with Gasteiger partial charge in [0.05, 0.1) is 6.54 Å². The Hall–Kier alpha value is -1.35. The Labute approximate surface area is 87.3 Å². The van der Waals surface area contributed by atoms with Crippen molar-refractivity contribution < 1.29 is 0 Å². The highest BCUT2D eigenvalue weighted by molar-refractivity contribution is 6.17. The maximum atomic E-state index is 5.83. The van der Waals surface area contributed by atoms with Crippen LogP contribution in [-0.2, 0) is 12.4 Å². The predicted octanol–water partition coefficient (Wildman–Crippen LogP) is 2.07. The molecule has 3 nitrogen and oxygen atoms in total. The molecule has 72 valence electrons. The van der Waals surface area contributed by atoms with E-state index in [2.05, 4.69) is 16.1 Å². The molecule has 1 aromatic carbocycles. The van der Waals surface area contributed by atoms with Gasteiger partial charge >= 0.3 is 0 Å². The van der Waals surface area contributed by atoms with Gasteiger partial charge in [-0.25, -0.2) is 9.67 Å². The number of aromatic nitrogens is 3. The van der Waals surface area contributed by atoms with Crippen LogP contribution in [0.15, 0.2) is 36.9 Å². The molecule has 0 saturated heterocycles. The SMILES string of the molecule is ClCc1ccccc1Cn1cncn1. The molecule has 0 amide bonds. The van der Waals surface area contributed by atoms with E-state index >= 15 is 0 Å². The van der Waals surface area contributed by atoms with Crippen molar-refractivity contribution in [2.75, 3.05) is 0 Å². The van der Waals surface area contributed by atoms with E-state index in [0.717, 1.165) is 12.1 Å². The summed E-state index contributed by atoms with van der Waals surface area (Å²) in [5.74, 6) is 0.533. The van der Waals surface area contributed by atoms with E-state index in [4.69, 9.17) is 11.6 Å². The summed E-state index contributed by atoms with van der Waals surface area (Å²) in [6, 6.07) is 8.07. The Balaban J connectivity index is 2.24. The van der Waals surface area contributed by atoms with Gasteiger partial charge in [-0.3, -0.25) is 0 Å². The molecule has 0 N–H and O–H groups in total. The van der Waals surface area contributed by atoms with Crippen LogP contribution >= 0.6 is 11.6 Å². The van der Waals surface area contributed by atoms with Crippen molar-refractivity contribution in [1.29, 1.82) is 0 Å². The van der Waals surface area contributed by atoms with Crippen molar-refractivity contribution in [2.24, 2.45) is 0 Å². The van der Waals surface area contributed by atoms with Crippen LogP contribution in [0.4, 0.5) is 0 Å². The van der Waals surface area contributed by atoms with Crippen molar-refractivity contribution >= 4 is 11.6 Å². The molecule has 0 aliphatic heterocycles. The third kappa shape index (κ3) is 1.93. The fraction of sp³-hybridized carbons (Fsp3) is 0.200. The summed E-state index contributed by atoms with van der Waals surface area (Å²) in [5, 5.41) is 4.05. The molecule has 0 aliphatic rings. The largest absolute Gasteiger partial charge is 0.249 e. The smallest absolute Gasteiger partial charge is 0.137 e. The van der Waals surface area contributed by atoms with Crippen molar-refractivity contribution in [3.63, 3.8) is 0 Å². The highest BCUT2D eigenvalue weighted by Crippen LogP contribution is 2.12. The first-order valence-electron chi connectivity index (χ1n) is 4.35. The van der Waals surface area contributed by atoms with Gasteiger partial charge in [0.25, 0.3) is 0 Å². The summed E-state index contributed by atoms with van der Waals surface area (Å²) in [5.41, 5.74) is 2.33. The van der Waals surface area contributed by atoms with Gasteiger partial charge in [0.15, 0.2) is 0 Å². The van der Waals surface area contributed by atoms with Gasteiger partial charge in [-0.15, -0.1) is 11.6 Å². The van der Waals surface area contributed by atoms with Crippen LogP contribution in [0.25, 0.3) is 0 Å². The standard InChI is InChI=1S/C10H10ClN3/c11-5-9-3-1-2-4-10(9)6-14-8-12-7-13-14/h1-4,7-8H,5-6H2. The van der Waals surface area contributed by atoms with Crippen LogP contribution in [0, 0.1) is 0 Å². The lowest BCUT2D eigenvalue weighted by atomic mass is 10.1. The van der Waals surface area contributed by atoms with Crippen LogP contribution in [0.3, 0.4) is 0 Å². The maximum Gasteiger partial charge on any atom is 0.137 e. The number of halogens is 1. The van der Waals surface area contributed by atoms with Gasteiger partial charge in [-0.1, -0.05) is 24.3 Å². The second-order valence-corrected chi connectivity index (χ2v) is 3.26. The lowest BCUT2D eigenvalue weighted by Gasteiger charge is -2.05. The van der Waals surface area contributed by atoms with Crippen LogP contribution in [0.1, 0.15) is 11.1 Å². The van der Waals surface area contributed by atoms with Crippen LogP contribution in [0.2, 0.25) is 0 Å². The average molecular weight is 208 g/mol. The van der Waals surface area contributed by atoms with Crippen molar-refractivity contribution in [2.45, 2.75) is 12.4 Å². The van der Waals surface area contributed by atoms with E-state index in [1.807, 2.05) is 18.2 Å². The number of hydrogen-bond acceptors (Lipinski definition) is 2. The Morgan fingerprint density at radius 1 is 1.21 bits per heavy atom. The highest BCUT2D eigenvalue weighted by atomic mass is 35.5. The fourth-order valence-electron chi connectivity index (χ4n) is 1.33. The fourth-order valence-corrected chi connectivity index (χ4v) is 1.59. The molecule has 0 unspecified atom stereocenters. The molecule has 0 saturated carbocycles. The van der Waals surface area contributed by atoms with E-state index in [1.54, 1.807) is 11.0 Å². The second kappa shape index (κ2) is 4.24. The molecule has 2 aromatic rings. The summed E-state index contributed by atoms with van der Waals surface area (Å²) >= 11 is 5.83. The third-order valence-electron chi connectivity index (χ3n) is 2.06. The summed E-state index contributed by atoms with van der Waals surface area (Å²) in [6.07, 6.45) is 3.23. The quantitative estimate of drug-likeness (QED) is 0.722. The van der Waals surface area contributed by atoms with Gasteiger partial charge in [0.1, 0.15) is 12.7 Å². The number of hydrogen-bond donors (Lipinski definition) is 0. The molecule has 0 fully saturated rings. The Morgan fingerprint density at radius 3 is 2.64 bits per heavy atom. The molecule has 4 heteroatoms. The van der Waals surface area contributed by atoms with E-state index in [-0.39, 0.29) is 0 Å². The summed E-state index contributed by atoms with van der Waals surface area (Å²) in [4.78, 5) is 3.89. The second-order valence-electron chi connectivity index (χ2n) is 3.00. The van der Waals surface area contributed by atoms with Crippen LogP contribution in [0.5, 0.6) is 0 Å². The number of nitrogens with zero attached hydrogens (tertiary/aromatic N) is 3. The van der Waals surface area contributed by atoms with E-state index in [1.165, 1.54) is 11.9 Å². The minimum absolute atomic E-state index is 0.533. The molecule has 0 radical (unpaired) electrons. The monoisotopic (exact) mass is 207 g/mol. The molecule has 2 rings (SSSR count). The zero-order valence-corrected chi connectivity index (χ0v) is 8.35. The van der Waals surface area contributed by atoms with Crippen LogP contribution in [-0.4, -0.2) is 14.8 Å². The topological polar surface area (TPSA) is 30.7 Å². The van der Waals surface area contributed by atoms with Gasteiger partial charge in [0.2, 0.25) is 0 Å². The summed E-state index contributed by atoms with van der Waals surface area (Å²) in [6.45, 7) is 0.725. The van der Waals surface area contributed by atoms with E-state index in [9.17, 15) is 0 Å². The molecule has 0 bridgehead atoms. The van der Waals surface area contributed by atoms with Crippen molar-refractivity contribution in [3.8, 4) is 0 Å². The maximum absolute atomic E-state index is 5.83. The van der Waals surface area contributed by atoms with Crippen molar-refractivity contribution in [1.82, 2.24) is 14.8 Å². The first-order chi connectivity index (χ1) is 6.90. The first kappa shape index (κ1) is 9.21. The van der Waals surface area contributed by atoms with E-state index in [0.29, 0.717) is 5.88 Å². The van der Waals surface area contributed by atoms with E-state index < -0.39 is 0 Å². The normalized spacial score (nSPS) is 10.4. The van der Waals surface area contributed by atoms with Gasteiger partial charge < -0.3 is 0 Å². The zero-order chi connectivity index (χ0) is 9.80. The molecular formula is C10H10ClN3. The molecule has 0 aliphatic carbocycles. The zero-order valence-electron chi connectivity index (χ0n) is 7.60. The summed E-state index contributed by atoms with van der Waals surface area (Å²) < 4.78 is 1.78. The Bertz CT molecular complexity index is 398. The van der Waals surface area contributed by atoms with Gasteiger partial charge in [-0.2, -0.15) is 5.10 Å². The third-order valence-corrected chi connectivity index (χ3v) is 2.35. The lowest BCUT2D eigenvalue weighted by molar-refractivity contribution is 0.681. The lowest BCUT2D eigenvalue weighted by Crippen LogP contribution is -2.02. The Kier molecular flexibility index (Phi) is 2.79. The Morgan fingerprint density at radius 2 is 2.00 bits per heavy atom. The highest BCUT2D eigenvalue weighted by Gasteiger charge is 2.01.